The zero-order valence-electron chi connectivity index (χ0n) is 20.4. The molecule has 170 valence electrons. The Kier molecular flexibility index (Phi) is 8.21. The average Bonchev–Trinajstić information content (AvgIpc) is 2.73. The van der Waals surface area contributed by atoms with E-state index in [4.69, 9.17) is 14.5 Å². The van der Waals surface area contributed by atoms with Gasteiger partial charge in [-0.1, -0.05) is 55.8 Å². The number of hydrogen-bond acceptors (Lipinski definition) is 4. The van der Waals surface area contributed by atoms with Gasteiger partial charge in [0.2, 0.25) is 0 Å². The minimum Gasteiger partial charge on any atom is -0.367 e. The van der Waals surface area contributed by atoms with Gasteiger partial charge in [0.05, 0.1) is 0 Å². The fourth-order valence-electron chi connectivity index (χ4n) is 3.25. The number of carbonyl (C=O) groups excluding carboxylic acids is 1. The molecule has 2 aromatic carbocycles. The zero-order valence-corrected chi connectivity index (χ0v) is 20.4. The Morgan fingerprint density at radius 2 is 1.42 bits per heavy atom. The SMILES string of the molecule is CCCCOC(C)(C)C(=O)c1cc(C(C)(C)OOC(C)(C)c2ccccc2)ccc1C. The molecular formula is C27H38O4. The lowest BCUT2D eigenvalue weighted by molar-refractivity contribution is -0.410. The molecular weight excluding hydrogens is 388 g/mol. The maximum atomic E-state index is 13.3. The molecule has 4 heteroatoms. The van der Waals surface area contributed by atoms with Gasteiger partial charge in [-0.05, 0) is 77.6 Å². The summed E-state index contributed by atoms with van der Waals surface area (Å²) in [5.41, 5.74) is 1.22. The summed E-state index contributed by atoms with van der Waals surface area (Å²) in [5, 5.41) is 0. The van der Waals surface area contributed by atoms with Crippen molar-refractivity contribution < 1.29 is 19.3 Å². The van der Waals surface area contributed by atoms with E-state index in [9.17, 15) is 4.79 Å². The number of aryl methyl sites for hydroxylation is 1. The van der Waals surface area contributed by atoms with E-state index in [0.29, 0.717) is 12.2 Å². The number of ketones is 1. The first-order chi connectivity index (χ1) is 14.4. The lowest BCUT2D eigenvalue weighted by atomic mass is 9.88. The Hall–Kier alpha value is -2.01. The Balaban J connectivity index is 2.21. The van der Waals surface area contributed by atoms with Crippen LogP contribution < -0.4 is 0 Å². The number of rotatable bonds is 11. The monoisotopic (exact) mass is 426 g/mol. The minimum absolute atomic E-state index is 0.0238. The molecule has 0 amide bonds. The number of carbonyl (C=O) groups is 1. The molecule has 0 aliphatic rings. The van der Waals surface area contributed by atoms with Crippen LogP contribution in [0.15, 0.2) is 48.5 Å². The number of ether oxygens (including phenoxy) is 1. The van der Waals surface area contributed by atoms with Gasteiger partial charge in [0.25, 0.3) is 0 Å². The van der Waals surface area contributed by atoms with Crippen LogP contribution in [0.1, 0.15) is 88.4 Å². The quantitative estimate of drug-likeness (QED) is 0.170. The molecule has 2 aromatic rings. The maximum Gasteiger partial charge on any atom is 0.194 e. The van der Waals surface area contributed by atoms with Gasteiger partial charge in [-0.3, -0.25) is 4.79 Å². The summed E-state index contributed by atoms with van der Waals surface area (Å²) in [4.78, 5) is 25.1. The lowest BCUT2D eigenvalue weighted by Gasteiger charge is -2.32. The van der Waals surface area contributed by atoms with Crippen molar-refractivity contribution in [1.82, 2.24) is 0 Å². The van der Waals surface area contributed by atoms with Gasteiger partial charge in [-0.2, -0.15) is 0 Å². The van der Waals surface area contributed by atoms with Crippen LogP contribution in [0.25, 0.3) is 0 Å². The van der Waals surface area contributed by atoms with Gasteiger partial charge in [0, 0.05) is 12.2 Å². The molecule has 4 nitrogen and oxygen atoms in total. The fraction of sp³-hybridized carbons (Fsp3) is 0.519. The highest BCUT2D eigenvalue weighted by Gasteiger charge is 2.33. The summed E-state index contributed by atoms with van der Waals surface area (Å²) < 4.78 is 5.90. The van der Waals surface area contributed by atoms with Crippen molar-refractivity contribution in [2.24, 2.45) is 0 Å². The highest BCUT2D eigenvalue weighted by Crippen LogP contribution is 2.33. The molecule has 0 saturated heterocycles. The molecule has 0 saturated carbocycles. The highest BCUT2D eigenvalue weighted by atomic mass is 17.2. The van der Waals surface area contributed by atoms with Gasteiger partial charge in [-0.25, -0.2) is 9.78 Å². The molecule has 0 aliphatic heterocycles. The van der Waals surface area contributed by atoms with Crippen LogP contribution in [-0.2, 0) is 25.7 Å². The average molecular weight is 427 g/mol. The molecule has 0 aromatic heterocycles. The van der Waals surface area contributed by atoms with Crippen molar-refractivity contribution in [1.29, 1.82) is 0 Å². The van der Waals surface area contributed by atoms with E-state index >= 15 is 0 Å². The minimum atomic E-state index is -0.880. The van der Waals surface area contributed by atoms with E-state index < -0.39 is 16.8 Å². The first-order valence-electron chi connectivity index (χ1n) is 11.1. The third-order valence-electron chi connectivity index (χ3n) is 5.61. The third-order valence-corrected chi connectivity index (χ3v) is 5.61. The Morgan fingerprint density at radius 1 is 0.839 bits per heavy atom. The van der Waals surface area contributed by atoms with Crippen LogP contribution >= 0.6 is 0 Å². The number of benzene rings is 2. The molecule has 2 rings (SSSR count). The third kappa shape index (κ3) is 6.49. The van der Waals surface area contributed by atoms with Crippen molar-refractivity contribution in [3.63, 3.8) is 0 Å². The normalized spacial score (nSPS) is 12.8. The van der Waals surface area contributed by atoms with Crippen molar-refractivity contribution in [2.75, 3.05) is 6.61 Å². The molecule has 0 atom stereocenters. The maximum absolute atomic E-state index is 13.3. The van der Waals surface area contributed by atoms with Crippen LogP contribution in [0.5, 0.6) is 0 Å². The van der Waals surface area contributed by atoms with Crippen LogP contribution in [0.3, 0.4) is 0 Å². The number of Topliss-reactive ketones (excluding diaryl/α,β-unsaturated/α-hetero) is 1. The molecule has 0 bridgehead atoms. The molecule has 0 radical (unpaired) electrons. The van der Waals surface area contributed by atoms with Gasteiger partial charge < -0.3 is 4.74 Å². The van der Waals surface area contributed by atoms with Crippen LogP contribution in [0.4, 0.5) is 0 Å². The summed E-state index contributed by atoms with van der Waals surface area (Å²) in [6, 6.07) is 15.8. The van der Waals surface area contributed by atoms with Crippen LogP contribution in [-0.4, -0.2) is 18.0 Å². The number of hydrogen-bond donors (Lipinski definition) is 0. The smallest absolute Gasteiger partial charge is 0.194 e. The number of unbranched alkanes of at least 4 members (excludes halogenated alkanes) is 1. The molecule has 0 fully saturated rings. The Morgan fingerprint density at radius 3 is 2.00 bits per heavy atom. The van der Waals surface area contributed by atoms with E-state index in [-0.39, 0.29) is 5.78 Å². The van der Waals surface area contributed by atoms with Gasteiger partial charge in [0.15, 0.2) is 5.78 Å². The van der Waals surface area contributed by atoms with E-state index in [1.54, 1.807) is 0 Å². The van der Waals surface area contributed by atoms with Crippen molar-refractivity contribution in [3.05, 3.63) is 70.8 Å². The summed E-state index contributed by atoms with van der Waals surface area (Å²) in [7, 11) is 0. The summed E-state index contributed by atoms with van der Waals surface area (Å²) in [6.45, 7) is 16.1. The summed E-state index contributed by atoms with van der Waals surface area (Å²) in [6.07, 6.45) is 1.97. The Bertz CT molecular complexity index is 866. The molecule has 0 N–H and O–H groups in total. The van der Waals surface area contributed by atoms with Crippen molar-refractivity contribution >= 4 is 5.78 Å². The molecule has 0 spiro atoms. The largest absolute Gasteiger partial charge is 0.367 e. The van der Waals surface area contributed by atoms with Crippen LogP contribution in [0, 0.1) is 6.92 Å². The van der Waals surface area contributed by atoms with Crippen molar-refractivity contribution in [2.45, 2.75) is 85.0 Å². The van der Waals surface area contributed by atoms with Gasteiger partial charge in [-0.15, -0.1) is 0 Å². The molecule has 0 heterocycles. The second-order valence-electron chi connectivity index (χ2n) is 9.62. The van der Waals surface area contributed by atoms with Gasteiger partial charge >= 0.3 is 0 Å². The standard InChI is InChI=1S/C27H38O4/c1-9-10-18-29-27(7,8)24(28)23-19-22(17-16-20(23)2)26(5,6)31-30-25(3,4)21-14-12-11-13-15-21/h11-17,19H,9-10,18H2,1-8H3. The molecule has 0 unspecified atom stereocenters. The van der Waals surface area contributed by atoms with Crippen molar-refractivity contribution in [3.8, 4) is 0 Å². The van der Waals surface area contributed by atoms with Crippen LogP contribution in [0.2, 0.25) is 0 Å². The first kappa shape index (κ1) is 25.3. The predicted octanol–water partition coefficient (Wildman–Crippen LogP) is 6.89. The second kappa shape index (κ2) is 10.1. The molecule has 31 heavy (non-hydrogen) atoms. The van der Waals surface area contributed by atoms with E-state index in [0.717, 1.165) is 29.5 Å². The lowest BCUT2D eigenvalue weighted by Crippen LogP contribution is -2.36. The molecule has 0 aliphatic carbocycles. The highest BCUT2D eigenvalue weighted by molar-refractivity contribution is 6.03. The van der Waals surface area contributed by atoms with E-state index in [1.807, 2.05) is 97.0 Å². The van der Waals surface area contributed by atoms with E-state index in [1.165, 1.54) is 0 Å². The summed E-state index contributed by atoms with van der Waals surface area (Å²) in [5.74, 6) is -0.0238. The topological polar surface area (TPSA) is 44.8 Å². The zero-order chi connectivity index (χ0) is 23.3. The van der Waals surface area contributed by atoms with E-state index in [2.05, 4.69) is 6.92 Å². The Labute approximate surface area is 187 Å². The second-order valence-corrected chi connectivity index (χ2v) is 9.62. The summed E-state index contributed by atoms with van der Waals surface area (Å²) >= 11 is 0. The predicted molar refractivity (Wildman–Crippen MR) is 125 cm³/mol. The first-order valence-corrected chi connectivity index (χ1v) is 11.1. The van der Waals surface area contributed by atoms with Gasteiger partial charge in [0.1, 0.15) is 16.8 Å². The fourth-order valence-corrected chi connectivity index (χ4v) is 3.25.